The van der Waals surface area contributed by atoms with Crippen LogP contribution < -0.4 is 4.90 Å². The Morgan fingerprint density at radius 2 is 1.10 bits per heavy atom. The highest BCUT2D eigenvalue weighted by atomic mass is 15.1. The number of para-hydroxylation sites is 4. The summed E-state index contributed by atoms with van der Waals surface area (Å²) < 4.78 is 2.32. The molecule has 0 amide bonds. The third-order valence-electron chi connectivity index (χ3n) is 9.29. The predicted molar refractivity (Wildman–Crippen MR) is 204 cm³/mol. The minimum Gasteiger partial charge on any atom is -0.314 e. The van der Waals surface area contributed by atoms with E-state index < -0.39 is 0 Å². The van der Waals surface area contributed by atoms with Crippen LogP contribution in [0.1, 0.15) is 5.69 Å². The van der Waals surface area contributed by atoms with E-state index in [-0.39, 0.29) is 0 Å². The Bertz CT molecular complexity index is 2610. The molecule has 49 heavy (non-hydrogen) atoms. The molecule has 0 saturated heterocycles. The summed E-state index contributed by atoms with van der Waals surface area (Å²) in [5, 5.41) is 3.50. The van der Waals surface area contributed by atoms with Gasteiger partial charge in [-0.2, -0.15) is 0 Å². The highest BCUT2D eigenvalue weighted by Crippen LogP contribution is 2.42. The SMILES string of the molecule is Cc1cc2ccccc2n1-c1ccc(N(c2ccccc2)c2cccc3c(-c4nc5ccccc5nc4-c4ccccc4)cccc23)cc1. The molecule has 4 heteroatoms. The van der Waals surface area contributed by atoms with Crippen LogP contribution in [0.15, 0.2) is 176 Å². The lowest BCUT2D eigenvalue weighted by Crippen LogP contribution is -2.10. The molecular formula is C45H32N4. The Hall–Kier alpha value is -6.52. The summed E-state index contributed by atoms with van der Waals surface area (Å²) in [5.41, 5.74) is 12.4. The van der Waals surface area contributed by atoms with Crippen LogP contribution in [0.25, 0.3) is 60.9 Å². The van der Waals surface area contributed by atoms with Gasteiger partial charge in [-0.3, -0.25) is 0 Å². The summed E-state index contributed by atoms with van der Waals surface area (Å²) >= 11 is 0. The van der Waals surface area contributed by atoms with Gasteiger partial charge in [0.25, 0.3) is 0 Å². The maximum Gasteiger partial charge on any atom is 0.0979 e. The summed E-state index contributed by atoms with van der Waals surface area (Å²) in [4.78, 5) is 12.8. The zero-order chi connectivity index (χ0) is 32.7. The van der Waals surface area contributed by atoms with Crippen molar-refractivity contribution >= 4 is 49.8 Å². The van der Waals surface area contributed by atoms with E-state index in [1.807, 2.05) is 30.3 Å². The van der Waals surface area contributed by atoms with Gasteiger partial charge in [0.2, 0.25) is 0 Å². The zero-order valence-corrected chi connectivity index (χ0v) is 27.0. The Morgan fingerprint density at radius 3 is 1.88 bits per heavy atom. The van der Waals surface area contributed by atoms with Crippen LogP contribution in [0.5, 0.6) is 0 Å². The van der Waals surface area contributed by atoms with E-state index in [0.29, 0.717) is 0 Å². The van der Waals surface area contributed by atoms with E-state index >= 15 is 0 Å². The topological polar surface area (TPSA) is 34.0 Å². The van der Waals surface area contributed by atoms with E-state index in [2.05, 4.69) is 162 Å². The van der Waals surface area contributed by atoms with Crippen LogP contribution >= 0.6 is 0 Å². The number of benzene rings is 7. The van der Waals surface area contributed by atoms with Crippen molar-refractivity contribution in [2.24, 2.45) is 0 Å². The molecule has 0 aliphatic carbocycles. The van der Waals surface area contributed by atoms with E-state index in [1.54, 1.807) is 0 Å². The first-order chi connectivity index (χ1) is 24.2. The van der Waals surface area contributed by atoms with Gasteiger partial charge in [-0.25, -0.2) is 9.97 Å². The lowest BCUT2D eigenvalue weighted by atomic mass is 9.96. The number of fused-ring (bicyclic) bond motifs is 3. The summed E-state index contributed by atoms with van der Waals surface area (Å²) in [7, 11) is 0. The minimum absolute atomic E-state index is 0.873. The molecule has 0 aliphatic rings. The average molecular weight is 629 g/mol. The molecule has 0 bridgehead atoms. The highest BCUT2D eigenvalue weighted by molar-refractivity contribution is 6.07. The number of hydrogen-bond donors (Lipinski definition) is 0. The second-order valence-electron chi connectivity index (χ2n) is 12.3. The number of hydrogen-bond acceptors (Lipinski definition) is 3. The molecule has 0 saturated carbocycles. The van der Waals surface area contributed by atoms with Gasteiger partial charge in [-0.15, -0.1) is 0 Å². The Balaban J connectivity index is 1.22. The molecule has 7 aromatic carbocycles. The molecule has 0 N–H and O–H groups in total. The van der Waals surface area contributed by atoms with Crippen molar-refractivity contribution in [3.63, 3.8) is 0 Å². The summed E-state index contributed by atoms with van der Waals surface area (Å²) in [6.45, 7) is 2.17. The van der Waals surface area contributed by atoms with E-state index in [0.717, 1.165) is 67.1 Å². The van der Waals surface area contributed by atoms with E-state index in [4.69, 9.17) is 9.97 Å². The Labute approximate surface area is 285 Å². The number of aryl methyl sites for hydroxylation is 1. The molecule has 2 heterocycles. The van der Waals surface area contributed by atoms with Gasteiger partial charge < -0.3 is 9.47 Å². The lowest BCUT2D eigenvalue weighted by molar-refractivity contribution is 1.05. The number of rotatable bonds is 6. The highest BCUT2D eigenvalue weighted by Gasteiger charge is 2.20. The number of anilines is 3. The Morgan fingerprint density at radius 1 is 0.490 bits per heavy atom. The molecule has 232 valence electrons. The first-order valence-electron chi connectivity index (χ1n) is 16.6. The van der Waals surface area contributed by atoms with Crippen LogP contribution in [0, 0.1) is 6.92 Å². The van der Waals surface area contributed by atoms with Crippen molar-refractivity contribution in [1.29, 1.82) is 0 Å². The molecule has 0 spiro atoms. The maximum absolute atomic E-state index is 5.25. The van der Waals surface area contributed by atoms with Gasteiger partial charge in [-0.05, 0) is 79.0 Å². The molecule has 9 rings (SSSR count). The first-order valence-corrected chi connectivity index (χ1v) is 16.6. The summed E-state index contributed by atoms with van der Waals surface area (Å²) in [6.07, 6.45) is 0. The molecule has 2 aromatic heterocycles. The zero-order valence-electron chi connectivity index (χ0n) is 27.0. The smallest absolute Gasteiger partial charge is 0.0979 e. The van der Waals surface area contributed by atoms with Crippen molar-refractivity contribution in [2.75, 3.05) is 4.90 Å². The molecule has 0 fully saturated rings. The summed E-state index contributed by atoms with van der Waals surface area (Å²) in [5.74, 6) is 0. The average Bonchev–Trinajstić information content (AvgIpc) is 3.51. The quantitative estimate of drug-likeness (QED) is 0.184. The van der Waals surface area contributed by atoms with Crippen molar-refractivity contribution in [3.8, 4) is 28.2 Å². The largest absolute Gasteiger partial charge is 0.314 e. The van der Waals surface area contributed by atoms with Gasteiger partial charge in [-0.1, -0.05) is 109 Å². The molecule has 0 atom stereocenters. The second kappa shape index (κ2) is 11.9. The maximum atomic E-state index is 5.25. The fraction of sp³-hybridized carbons (Fsp3) is 0.0222. The van der Waals surface area contributed by atoms with Crippen LogP contribution in [-0.4, -0.2) is 14.5 Å². The summed E-state index contributed by atoms with van der Waals surface area (Å²) in [6, 6.07) is 61.8. The number of nitrogens with zero attached hydrogens (tertiary/aromatic N) is 4. The van der Waals surface area contributed by atoms with Crippen molar-refractivity contribution < 1.29 is 0 Å². The third-order valence-corrected chi connectivity index (χ3v) is 9.29. The normalized spacial score (nSPS) is 11.4. The molecule has 4 nitrogen and oxygen atoms in total. The van der Waals surface area contributed by atoms with Gasteiger partial charge in [0, 0.05) is 44.7 Å². The van der Waals surface area contributed by atoms with Crippen LogP contribution in [0.4, 0.5) is 17.1 Å². The van der Waals surface area contributed by atoms with Crippen molar-refractivity contribution in [1.82, 2.24) is 14.5 Å². The van der Waals surface area contributed by atoms with E-state index in [1.165, 1.54) is 16.6 Å². The van der Waals surface area contributed by atoms with Crippen LogP contribution in [0.3, 0.4) is 0 Å². The van der Waals surface area contributed by atoms with Crippen molar-refractivity contribution in [3.05, 3.63) is 182 Å². The fourth-order valence-electron chi connectivity index (χ4n) is 7.07. The van der Waals surface area contributed by atoms with Gasteiger partial charge >= 0.3 is 0 Å². The van der Waals surface area contributed by atoms with Gasteiger partial charge in [0.15, 0.2) is 0 Å². The fourth-order valence-corrected chi connectivity index (χ4v) is 7.07. The van der Waals surface area contributed by atoms with Crippen LogP contribution in [0.2, 0.25) is 0 Å². The molecule has 0 unspecified atom stereocenters. The van der Waals surface area contributed by atoms with E-state index in [9.17, 15) is 0 Å². The molecule has 9 aromatic rings. The molecular weight excluding hydrogens is 597 g/mol. The first kappa shape index (κ1) is 28.7. The number of aromatic nitrogens is 3. The second-order valence-corrected chi connectivity index (χ2v) is 12.3. The van der Waals surface area contributed by atoms with Crippen molar-refractivity contribution in [2.45, 2.75) is 6.92 Å². The lowest BCUT2D eigenvalue weighted by Gasteiger charge is -2.27. The minimum atomic E-state index is 0.873. The molecule has 0 aliphatic heterocycles. The molecule has 0 radical (unpaired) electrons. The predicted octanol–water partition coefficient (Wildman–Crippen LogP) is 11.8. The van der Waals surface area contributed by atoms with Crippen LogP contribution in [-0.2, 0) is 0 Å². The van der Waals surface area contributed by atoms with Gasteiger partial charge in [0.05, 0.1) is 33.6 Å². The van der Waals surface area contributed by atoms with Gasteiger partial charge in [0.1, 0.15) is 0 Å². The monoisotopic (exact) mass is 628 g/mol. The Kier molecular flexibility index (Phi) is 6.98. The standard InChI is InChI=1S/C45H32N4/c1-31-30-33-16-8-11-24-42(33)48(31)35-26-28-36(29-27-35)49(34-17-6-3-7-18-34)43-25-13-19-37-38(43)20-12-21-39(37)45-44(32-14-4-2-5-15-32)46-40-22-9-10-23-41(40)47-45/h2-30H,1H3. The third kappa shape index (κ3) is 5.02.